The summed E-state index contributed by atoms with van der Waals surface area (Å²) in [4.78, 5) is 41.4. The van der Waals surface area contributed by atoms with Gasteiger partial charge in [0.15, 0.2) is 23.0 Å². The Morgan fingerprint density at radius 3 is 2.42 bits per heavy atom. The molecule has 0 aliphatic carbocycles. The van der Waals surface area contributed by atoms with E-state index in [2.05, 4.69) is 11.9 Å². The largest absolute Gasteiger partial charge is 0.493 e. The van der Waals surface area contributed by atoms with E-state index in [4.69, 9.17) is 23.7 Å². The van der Waals surface area contributed by atoms with Crippen LogP contribution >= 0.6 is 0 Å². The summed E-state index contributed by atoms with van der Waals surface area (Å²) in [5, 5.41) is 0. The second-order valence-corrected chi connectivity index (χ2v) is 9.07. The Labute approximate surface area is 224 Å². The summed E-state index contributed by atoms with van der Waals surface area (Å²) in [6, 6.07) is 11.3. The van der Waals surface area contributed by atoms with Crippen molar-refractivity contribution in [3.63, 3.8) is 0 Å². The van der Waals surface area contributed by atoms with Gasteiger partial charge in [0.25, 0.3) is 0 Å². The quantitative estimate of drug-likeness (QED) is 0.122. The number of Topliss-reactive ketones (excluding diaryl/α,β-unsaturated/α-hetero) is 1. The summed E-state index contributed by atoms with van der Waals surface area (Å²) < 4.78 is 27.4. The number of methoxy groups -OCH3 is 1. The lowest BCUT2D eigenvalue weighted by atomic mass is 10.0. The molecule has 0 saturated heterocycles. The lowest BCUT2D eigenvalue weighted by Crippen LogP contribution is -2.35. The van der Waals surface area contributed by atoms with Crippen LogP contribution in [-0.2, 0) is 30.2 Å². The SMILES string of the molecule is CCCCCO[C@@H](C)[C@@H](Cc1ccccc1)OC(=O)[C@H](C)CC(=O)c1nccc(OC)c1OCOC(C)=O. The van der Waals surface area contributed by atoms with Crippen LogP contribution in [0.2, 0.25) is 0 Å². The molecule has 0 aliphatic heterocycles. The third-order valence-electron chi connectivity index (χ3n) is 5.91. The third kappa shape index (κ3) is 10.1. The molecule has 1 heterocycles. The van der Waals surface area contributed by atoms with Gasteiger partial charge in [-0.3, -0.25) is 14.4 Å². The predicted molar refractivity (Wildman–Crippen MR) is 141 cm³/mol. The maximum absolute atomic E-state index is 13.1. The average molecular weight is 530 g/mol. The molecule has 0 radical (unpaired) electrons. The molecule has 0 spiro atoms. The van der Waals surface area contributed by atoms with Crippen LogP contribution in [0.3, 0.4) is 0 Å². The van der Waals surface area contributed by atoms with Gasteiger partial charge in [-0.05, 0) is 18.9 Å². The number of nitrogens with zero attached hydrogens (tertiary/aromatic N) is 1. The number of hydrogen-bond acceptors (Lipinski definition) is 9. The fraction of sp³-hybridized carbons (Fsp3) is 0.517. The van der Waals surface area contributed by atoms with Crippen molar-refractivity contribution < 1.29 is 38.1 Å². The molecule has 0 saturated carbocycles. The van der Waals surface area contributed by atoms with Gasteiger partial charge >= 0.3 is 11.9 Å². The van der Waals surface area contributed by atoms with Gasteiger partial charge in [-0.2, -0.15) is 0 Å². The fourth-order valence-electron chi connectivity index (χ4n) is 3.70. The fourth-order valence-corrected chi connectivity index (χ4v) is 3.70. The van der Waals surface area contributed by atoms with Crippen molar-refractivity contribution >= 4 is 17.7 Å². The summed E-state index contributed by atoms with van der Waals surface area (Å²) in [5.74, 6) is -1.93. The summed E-state index contributed by atoms with van der Waals surface area (Å²) >= 11 is 0. The van der Waals surface area contributed by atoms with Gasteiger partial charge < -0.3 is 23.7 Å². The molecule has 0 N–H and O–H groups in total. The standard InChI is InChI=1S/C29H39NO8/c1-6-7-11-16-35-21(3)26(18-23-12-9-8-10-13-23)38-29(33)20(2)17-24(32)27-28(37-19-36-22(4)31)25(34-5)14-15-30-27/h8-10,12-15,20-21,26H,6-7,11,16-19H2,1-5H3/t20-,21+,26-/m1/s1. The van der Waals surface area contributed by atoms with Crippen molar-refractivity contribution in [1.82, 2.24) is 4.98 Å². The molecule has 0 unspecified atom stereocenters. The minimum Gasteiger partial charge on any atom is -0.493 e. The van der Waals surface area contributed by atoms with Crippen LogP contribution in [0.5, 0.6) is 11.5 Å². The van der Waals surface area contributed by atoms with Gasteiger partial charge in [0.1, 0.15) is 6.10 Å². The van der Waals surface area contributed by atoms with Crippen molar-refractivity contribution in [2.75, 3.05) is 20.5 Å². The molecule has 0 fully saturated rings. The summed E-state index contributed by atoms with van der Waals surface area (Å²) in [7, 11) is 1.42. The van der Waals surface area contributed by atoms with Crippen LogP contribution in [0.25, 0.3) is 0 Å². The van der Waals surface area contributed by atoms with Gasteiger partial charge in [0.05, 0.1) is 19.1 Å². The highest BCUT2D eigenvalue weighted by Gasteiger charge is 2.29. The first-order chi connectivity index (χ1) is 18.3. The smallest absolute Gasteiger partial charge is 0.309 e. The van der Waals surface area contributed by atoms with E-state index in [9.17, 15) is 14.4 Å². The lowest BCUT2D eigenvalue weighted by molar-refractivity contribution is -0.161. The molecule has 208 valence electrons. The second kappa shape index (κ2) is 16.4. The van der Waals surface area contributed by atoms with E-state index in [0.29, 0.717) is 13.0 Å². The summed E-state index contributed by atoms with van der Waals surface area (Å²) in [5.41, 5.74) is 0.998. The number of carbonyl (C=O) groups excluding carboxylic acids is 3. The molecule has 38 heavy (non-hydrogen) atoms. The van der Waals surface area contributed by atoms with Crippen molar-refractivity contribution in [3.05, 3.63) is 53.9 Å². The van der Waals surface area contributed by atoms with Crippen LogP contribution in [0.15, 0.2) is 42.6 Å². The molecule has 9 heteroatoms. The van der Waals surface area contributed by atoms with E-state index >= 15 is 0 Å². The molecule has 9 nitrogen and oxygen atoms in total. The van der Waals surface area contributed by atoms with Gasteiger partial charge in [-0.15, -0.1) is 0 Å². The van der Waals surface area contributed by atoms with Crippen molar-refractivity contribution in [2.45, 2.75) is 72.0 Å². The number of unbranched alkanes of at least 4 members (excludes halogenated alkanes) is 2. The number of ketones is 1. The Balaban J connectivity index is 2.10. The second-order valence-electron chi connectivity index (χ2n) is 9.07. The van der Waals surface area contributed by atoms with Crippen LogP contribution in [0, 0.1) is 5.92 Å². The van der Waals surface area contributed by atoms with Crippen molar-refractivity contribution in [1.29, 1.82) is 0 Å². The Morgan fingerprint density at radius 1 is 1.03 bits per heavy atom. The number of pyridine rings is 1. The van der Waals surface area contributed by atoms with E-state index in [1.165, 1.54) is 26.3 Å². The minimum atomic E-state index is -0.748. The van der Waals surface area contributed by atoms with Crippen LogP contribution < -0.4 is 9.47 Å². The van der Waals surface area contributed by atoms with Crippen molar-refractivity contribution in [3.8, 4) is 11.5 Å². The maximum atomic E-state index is 13.1. The van der Waals surface area contributed by atoms with Gasteiger partial charge in [-0.1, -0.05) is 57.0 Å². The highest BCUT2D eigenvalue weighted by atomic mass is 16.7. The van der Waals surface area contributed by atoms with E-state index < -0.39 is 36.5 Å². The Hall–Kier alpha value is -3.46. The first-order valence-electron chi connectivity index (χ1n) is 12.9. The zero-order chi connectivity index (χ0) is 27.9. The monoisotopic (exact) mass is 529 g/mol. The first-order valence-corrected chi connectivity index (χ1v) is 12.9. The van der Waals surface area contributed by atoms with Crippen LogP contribution in [0.4, 0.5) is 0 Å². The molecule has 1 aromatic heterocycles. The summed E-state index contributed by atoms with van der Waals surface area (Å²) in [6.07, 6.45) is 4.00. The number of benzene rings is 1. The molecule has 2 rings (SSSR count). The Bertz CT molecular complexity index is 1030. The Morgan fingerprint density at radius 2 is 1.76 bits per heavy atom. The zero-order valence-electron chi connectivity index (χ0n) is 22.9. The van der Waals surface area contributed by atoms with Crippen molar-refractivity contribution in [2.24, 2.45) is 5.92 Å². The maximum Gasteiger partial charge on any atom is 0.309 e. The molecular weight excluding hydrogens is 490 g/mol. The number of aromatic nitrogens is 1. The number of ether oxygens (including phenoxy) is 5. The van der Waals surface area contributed by atoms with E-state index in [-0.39, 0.29) is 29.7 Å². The highest BCUT2D eigenvalue weighted by Crippen LogP contribution is 2.31. The molecule has 0 aliphatic rings. The molecule has 2 aromatic rings. The number of carbonyl (C=O) groups is 3. The van der Waals surface area contributed by atoms with Crippen LogP contribution in [-0.4, -0.2) is 55.4 Å². The third-order valence-corrected chi connectivity index (χ3v) is 5.91. The zero-order valence-corrected chi connectivity index (χ0v) is 22.9. The lowest BCUT2D eigenvalue weighted by Gasteiger charge is -2.26. The number of esters is 2. The highest BCUT2D eigenvalue weighted by molar-refractivity contribution is 5.99. The molecule has 3 atom stereocenters. The Kier molecular flexibility index (Phi) is 13.3. The van der Waals surface area contributed by atoms with Gasteiger partial charge in [0.2, 0.25) is 6.79 Å². The topological polar surface area (TPSA) is 110 Å². The molecule has 0 amide bonds. The van der Waals surface area contributed by atoms with Gasteiger partial charge in [-0.25, -0.2) is 4.98 Å². The first kappa shape index (κ1) is 30.8. The summed E-state index contributed by atoms with van der Waals surface area (Å²) in [6.45, 7) is 7.07. The predicted octanol–water partition coefficient (Wildman–Crippen LogP) is 4.95. The molecule has 0 bridgehead atoms. The average Bonchev–Trinajstić information content (AvgIpc) is 2.90. The minimum absolute atomic E-state index is 0.0235. The van der Waals surface area contributed by atoms with Gasteiger partial charge in [0, 0.05) is 38.6 Å². The van der Waals surface area contributed by atoms with E-state index in [1.54, 1.807) is 6.92 Å². The van der Waals surface area contributed by atoms with E-state index in [1.807, 2.05) is 37.3 Å². The number of hydrogen-bond donors (Lipinski definition) is 0. The van der Waals surface area contributed by atoms with E-state index in [0.717, 1.165) is 24.8 Å². The molecule has 1 aromatic carbocycles. The van der Waals surface area contributed by atoms with Crippen LogP contribution in [0.1, 0.15) is 69.4 Å². The number of rotatable bonds is 17. The normalized spacial score (nSPS) is 13.2. The molecular formula is C29H39NO8.